The predicted molar refractivity (Wildman–Crippen MR) is 47.3 cm³/mol. The Bertz CT molecular complexity index is 246. The highest BCUT2D eigenvalue weighted by Gasteiger charge is 1.95. The van der Waals surface area contributed by atoms with Crippen LogP contribution in [0.2, 0.25) is 0 Å². The Hall–Kier alpha value is -1.62. The third kappa shape index (κ3) is 8.28. The van der Waals surface area contributed by atoms with Crippen LogP contribution in [0.5, 0.6) is 0 Å². The van der Waals surface area contributed by atoms with E-state index >= 15 is 0 Å². The van der Waals surface area contributed by atoms with E-state index in [-0.39, 0.29) is 6.42 Å². The van der Waals surface area contributed by atoms with Crippen molar-refractivity contribution >= 4 is 11.8 Å². The van der Waals surface area contributed by atoms with Gasteiger partial charge in [-0.05, 0) is 12.5 Å². The SMILES string of the molecule is NC(=O)C=CCC(O)C=CC(N)=O. The number of hydrogen-bond acceptors (Lipinski definition) is 3. The van der Waals surface area contributed by atoms with Crippen molar-refractivity contribution in [2.24, 2.45) is 11.5 Å². The predicted octanol–water partition coefficient (Wildman–Crippen LogP) is -1.18. The molecule has 5 N–H and O–H groups in total. The van der Waals surface area contributed by atoms with Crippen LogP contribution in [0.15, 0.2) is 24.3 Å². The Morgan fingerprint density at radius 2 is 1.77 bits per heavy atom. The number of aliphatic hydroxyl groups excluding tert-OH is 1. The zero-order valence-electron chi connectivity index (χ0n) is 7.01. The van der Waals surface area contributed by atoms with E-state index in [9.17, 15) is 9.59 Å². The van der Waals surface area contributed by atoms with Gasteiger partial charge >= 0.3 is 0 Å². The van der Waals surface area contributed by atoms with Gasteiger partial charge in [0, 0.05) is 6.08 Å². The van der Waals surface area contributed by atoms with Crippen molar-refractivity contribution in [3.63, 3.8) is 0 Å². The molecule has 5 nitrogen and oxygen atoms in total. The third-order valence-corrected chi connectivity index (χ3v) is 1.14. The van der Waals surface area contributed by atoms with Gasteiger partial charge in [0.05, 0.1) is 6.10 Å². The van der Waals surface area contributed by atoms with Gasteiger partial charge in [-0.3, -0.25) is 9.59 Å². The summed E-state index contributed by atoms with van der Waals surface area (Å²) in [6.07, 6.45) is 4.24. The summed E-state index contributed by atoms with van der Waals surface area (Å²) < 4.78 is 0. The van der Waals surface area contributed by atoms with Crippen LogP contribution < -0.4 is 11.5 Å². The highest BCUT2D eigenvalue weighted by atomic mass is 16.3. The van der Waals surface area contributed by atoms with Gasteiger partial charge in [-0.2, -0.15) is 0 Å². The maximum absolute atomic E-state index is 10.2. The normalized spacial score (nSPS) is 13.6. The summed E-state index contributed by atoms with van der Waals surface area (Å²) in [6, 6.07) is 0. The van der Waals surface area contributed by atoms with Gasteiger partial charge in [-0.25, -0.2) is 0 Å². The highest BCUT2D eigenvalue weighted by molar-refractivity contribution is 5.86. The molecule has 0 fully saturated rings. The third-order valence-electron chi connectivity index (χ3n) is 1.14. The summed E-state index contributed by atoms with van der Waals surface area (Å²) >= 11 is 0. The monoisotopic (exact) mass is 184 g/mol. The lowest BCUT2D eigenvalue weighted by molar-refractivity contribution is -0.114. The first-order chi connectivity index (χ1) is 6.02. The first kappa shape index (κ1) is 11.4. The van der Waals surface area contributed by atoms with E-state index in [4.69, 9.17) is 16.6 Å². The zero-order chi connectivity index (χ0) is 10.3. The van der Waals surface area contributed by atoms with Gasteiger partial charge in [0.1, 0.15) is 0 Å². The number of hydrogen-bond donors (Lipinski definition) is 3. The van der Waals surface area contributed by atoms with Crippen molar-refractivity contribution in [1.82, 2.24) is 0 Å². The smallest absolute Gasteiger partial charge is 0.241 e. The van der Waals surface area contributed by atoms with Crippen LogP contribution in [0, 0.1) is 0 Å². The van der Waals surface area contributed by atoms with Crippen LogP contribution in [0.25, 0.3) is 0 Å². The van der Waals surface area contributed by atoms with Gasteiger partial charge in [0.25, 0.3) is 0 Å². The van der Waals surface area contributed by atoms with Crippen molar-refractivity contribution in [3.05, 3.63) is 24.3 Å². The van der Waals surface area contributed by atoms with Crippen molar-refractivity contribution < 1.29 is 14.7 Å². The first-order valence-corrected chi connectivity index (χ1v) is 3.64. The molecule has 0 radical (unpaired) electrons. The quantitative estimate of drug-likeness (QED) is 0.468. The second-order valence-corrected chi connectivity index (χ2v) is 2.37. The van der Waals surface area contributed by atoms with Crippen LogP contribution >= 0.6 is 0 Å². The molecule has 2 amide bonds. The average Bonchev–Trinajstić information content (AvgIpc) is 2.00. The van der Waals surface area contributed by atoms with E-state index in [1.807, 2.05) is 0 Å². The Labute approximate surface area is 75.7 Å². The lowest BCUT2D eigenvalue weighted by Gasteiger charge is -1.98. The number of carbonyl (C=O) groups is 2. The maximum atomic E-state index is 10.2. The first-order valence-electron chi connectivity index (χ1n) is 3.64. The summed E-state index contributed by atoms with van der Waals surface area (Å²) in [5, 5.41) is 9.11. The van der Waals surface area contributed by atoms with Crippen LogP contribution in [-0.4, -0.2) is 23.0 Å². The van der Waals surface area contributed by atoms with Gasteiger partial charge in [0.15, 0.2) is 0 Å². The molecule has 13 heavy (non-hydrogen) atoms. The van der Waals surface area contributed by atoms with Crippen molar-refractivity contribution in [2.45, 2.75) is 12.5 Å². The minimum absolute atomic E-state index is 0.215. The standard InChI is InChI=1S/C8H12N2O3/c9-7(12)3-1-2-6(11)4-5-8(10)13/h1,3-6,11H,2H2,(H2,9,12)(H2,10,13). The molecule has 0 aliphatic heterocycles. The van der Waals surface area contributed by atoms with E-state index < -0.39 is 17.9 Å². The maximum Gasteiger partial charge on any atom is 0.241 e. The fourth-order valence-electron chi connectivity index (χ4n) is 0.608. The van der Waals surface area contributed by atoms with Crippen molar-refractivity contribution in [2.75, 3.05) is 0 Å². The van der Waals surface area contributed by atoms with Crippen LogP contribution in [-0.2, 0) is 9.59 Å². The van der Waals surface area contributed by atoms with Gasteiger partial charge < -0.3 is 16.6 Å². The van der Waals surface area contributed by atoms with Crippen LogP contribution in [0.4, 0.5) is 0 Å². The van der Waals surface area contributed by atoms with Crippen LogP contribution in [0.3, 0.4) is 0 Å². The van der Waals surface area contributed by atoms with E-state index in [1.165, 1.54) is 12.2 Å². The summed E-state index contributed by atoms with van der Waals surface area (Å²) in [4.78, 5) is 20.4. The zero-order valence-corrected chi connectivity index (χ0v) is 7.01. The molecule has 72 valence electrons. The minimum atomic E-state index is -0.830. The van der Waals surface area contributed by atoms with E-state index in [1.54, 1.807) is 0 Å². The topological polar surface area (TPSA) is 106 Å². The number of carbonyl (C=O) groups excluding carboxylic acids is 2. The number of nitrogens with two attached hydrogens (primary N) is 2. The molecule has 0 bridgehead atoms. The number of aliphatic hydroxyl groups is 1. The highest BCUT2D eigenvalue weighted by Crippen LogP contribution is 1.94. The van der Waals surface area contributed by atoms with E-state index in [0.29, 0.717) is 0 Å². The molecule has 5 heteroatoms. The molecule has 0 aromatic rings. The minimum Gasteiger partial charge on any atom is -0.389 e. The van der Waals surface area contributed by atoms with Crippen molar-refractivity contribution in [3.8, 4) is 0 Å². The van der Waals surface area contributed by atoms with Gasteiger partial charge in [-0.1, -0.05) is 12.2 Å². The molecule has 0 aromatic heterocycles. The number of rotatable bonds is 5. The second-order valence-electron chi connectivity index (χ2n) is 2.37. The summed E-state index contributed by atoms with van der Waals surface area (Å²) in [6.45, 7) is 0. The molecule has 1 atom stereocenters. The Morgan fingerprint density at radius 1 is 1.23 bits per heavy atom. The van der Waals surface area contributed by atoms with Gasteiger partial charge in [0.2, 0.25) is 11.8 Å². The van der Waals surface area contributed by atoms with Crippen molar-refractivity contribution in [1.29, 1.82) is 0 Å². The summed E-state index contributed by atoms with van der Waals surface area (Å²) in [5.41, 5.74) is 9.59. The lowest BCUT2D eigenvalue weighted by atomic mass is 10.2. The molecule has 0 aromatic carbocycles. The fraction of sp³-hybridized carbons (Fsp3) is 0.250. The molecule has 0 aliphatic rings. The Morgan fingerprint density at radius 3 is 2.23 bits per heavy atom. The molecular formula is C8H12N2O3. The molecule has 1 unspecified atom stereocenters. The molecule has 0 aliphatic carbocycles. The van der Waals surface area contributed by atoms with Gasteiger partial charge in [-0.15, -0.1) is 0 Å². The molecular weight excluding hydrogens is 172 g/mol. The summed E-state index contributed by atoms with van der Waals surface area (Å²) in [5.74, 6) is -1.20. The second kappa shape index (κ2) is 5.96. The molecule has 0 saturated heterocycles. The molecule has 0 saturated carbocycles. The van der Waals surface area contributed by atoms with Crippen LogP contribution in [0.1, 0.15) is 6.42 Å². The Balaban J connectivity index is 3.81. The fourth-order valence-corrected chi connectivity index (χ4v) is 0.608. The molecule has 0 heterocycles. The number of amides is 2. The summed E-state index contributed by atoms with van der Waals surface area (Å²) in [7, 11) is 0. The Kier molecular flexibility index (Phi) is 5.22. The van der Waals surface area contributed by atoms with E-state index in [0.717, 1.165) is 12.2 Å². The van der Waals surface area contributed by atoms with E-state index in [2.05, 4.69) is 0 Å². The largest absolute Gasteiger partial charge is 0.389 e. The molecule has 0 spiro atoms. The molecule has 0 rings (SSSR count). The lowest BCUT2D eigenvalue weighted by Crippen LogP contribution is -2.09. The average molecular weight is 184 g/mol. The number of primary amides is 2.